The van der Waals surface area contributed by atoms with Gasteiger partial charge in [-0.25, -0.2) is 0 Å². The van der Waals surface area contributed by atoms with Gasteiger partial charge in [0.2, 0.25) is 0 Å². The quantitative estimate of drug-likeness (QED) is 0.154. The number of phenolic OH excluding ortho intramolecular Hbond substituents is 1. The van der Waals surface area contributed by atoms with Crippen molar-refractivity contribution in [2.45, 2.75) is 0 Å². The lowest BCUT2D eigenvalue weighted by molar-refractivity contribution is 0.399. The Labute approximate surface area is 246 Å². The van der Waals surface area contributed by atoms with Crippen LogP contribution < -0.4 is 34.9 Å². The van der Waals surface area contributed by atoms with Crippen LogP contribution in [0.15, 0.2) is 109 Å². The van der Waals surface area contributed by atoms with Gasteiger partial charge in [-0.2, -0.15) is 0 Å². The third-order valence-corrected chi connectivity index (χ3v) is 10.2. The number of methoxy groups -OCH3 is 4. The largest absolute Gasteiger partial charge is 0.507 e. The Kier molecular flexibility index (Phi) is 7.60. The van der Waals surface area contributed by atoms with Gasteiger partial charge in [0.15, 0.2) is 0 Å². The average molecular weight is 575 g/mol. The third kappa shape index (κ3) is 4.56. The minimum Gasteiger partial charge on any atom is -0.507 e. The molecule has 5 nitrogen and oxygen atoms in total. The first kappa shape index (κ1) is 27.4. The van der Waals surface area contributed by atoms with Crippen LogP contribution in [0.1, 0.15) is 0 Å². The molecule has 0 aliphatic heterocycles. The predicted octanol–water partition coefficient (Wildman–Crippen LogP) is 7.16. The van der Waals surface area contributed by atoms with E-state index in [4.69, 9.17) is 18.9 Å². The second-order valence-electron chi connectivity index (χ2n) is 9.72. The normalized spacial score (nSPS) is 11.2. The molecule has 1 N–H and O–H groups in total. The molecule has 0 radical (unpaired) electrons. The summed E-state index contributed by atoms with van der Waals surface area (Å²) in [4.78, 5) is 0. The summed E-state index contributed by atoms with van der Waals surface area (Å²) in [6, 6.07) is 36.2. The van der Waals surface area contributed by atoms with Gasteiger partial charge < -0.3 is 24.1 Å². The molecule has 42 heavy (non-hydrogen) atoms. The number of phenols is 1. The number of hydrogen-bond donors (Lipinski definition) is 1. The number of rotatable bonds is 8. The van der Waals surface area contributed by atoms with Crippen LogP contribution in [0.5, 0.6) is 28.7 Å². The van der Waals surface area contributed by atoms with Gasteiger partial charge in [0, 0.05) is 24.4 Å². The second kappa shape index (κ2) is 11.6. The fourth-order valence-corrected chi connectivity index (χ4v) is 8.49. The molecular formula is C36H31O5P. The molecule has 0 heterocycles. The highest BCUT2D eigenvalue weighted by molar-refractivity contribution is 7.80. The van der Waals surface area contributed by atoms with E-state index in [0.717, 1.165) is 48.6 Å². The van der Waals surface area contributed by atoms with E-state index in [9.17, 15) is 5.11 Å². The summed E-state index contributed by atoms with van der Waals surface area (Å²) in [5, 5.41) is 19.1. The molecule has 0 bridgehead atoms. The van der Waals surface area contributed by atoms with E-state index in [-0.39, 0.29) is 5.75 Å². The van der Waals surface area contributed by atoms with Crippen LogP contribution in [0.25, 0.3) is 32.7 Å². The molecule has 0 spiro atoms. The van der Waals surface area contributed by atoms with E-state index in [1.807, 2.05) is 78.9 Å². The first-order valence-corrected chi connectivity index (χ1v) is 14.9. The van der Waals surface area contributed by atoms with Crippen molar-refractivity contribution in [1.29, 1.82) is 0 Å². The van der Waals surface area contributed by atoms with E-state index >= 15 is 0 Å². The first-order valence-electron chi connectivity index (χ1n) is 13.6. The van der Waals surface area contributed by atoms with Gasteiger partial charge in [0.1, 0.15) is 28.7 Å². The highest BCUT2D eigenvalue weighted by atomic mass is 31.1. The number of aromatic hydroxyl groups is 1. The van der Waals surface area contributed by atoms with Crippen molar-refractivity contribution in [3.05, 3.63) is 109 Å². The lowest BCUT2D eigenvalue weighted by atomic mass is 9.91. The van der Waals surface area contributed by atoms with Crippen LogP contribution in [0, 0.1) is 0 Å². The molecule has 6 aromatic carbocycles. The zero-order valence-electron chi connectivity index (χ0n) is 23.9. The van der Waals surface area contributed by atoms with Crippen molar-refractivity contribution in [2.24, 2.45) is 0 Å². The molecule has 0 fully saturated rings. The van der Waals surface area contributed by atoms with E-state index < -0.39 is 7.92 Å². The lowest BCUT2D eigenvalue weighted by Crippen LogP contribution is -2.26. The number of benzene rings is 6. The Bertz CT molecular complexity index is 1760. The molecule has 0 amide bonds. The van der Waals surface area contributed by atoms with E-state index in [1.54, 1.807) is 28.4 Å². The van der Waals surface area contributed by atoms with Crippen LogP contribution in [0.2, 0.25) is 0 Å². The summed E-state index contributed by atoms with van der Waals surface area (Å²) >= 11 is 0. The van der Waals surface area contributed by atoms with E-state index in [2.05, 4.69) is 30.3 Å². The van der Waals surface area contributed by atoms with Gasteiger partial charge in [-0.3, -0.25) is 0 Å². The molecule has 0 aliphatic carbocycles. The van der Waals surface area contributed by atoms with Crippen LogP contribution >= 0.6 is 7.92 Å². The van der Waals surface area contributed by atoms with Gasteiger partial charge in [0.25, 0.3) is 0 Å². The maximum Gasteiger partial charge on any atom is 0.131 e. The minimum atomic E-state index is -1.52. The summed E-state index contributed by atoms with van der Waals surface area (Å²) < 4.78 is 23.6. The topological polar surface area (TPSA) is 57.2 Å². The SMILES string of the molecule is COc1cccc(OC)c1P(c1cccc(-c2c3ccccc3cc3ccccc23)c1O)c1c(OC)cccc1OC. The minimum absolute atomic E-state index is 0.186. The van der Waals surface area contributed by atoms with Crippen molar-refractivity contribution < 1.29 is 24.1 Å². The molecule has 6 aromatic rings. The second-order valence-corrected chi connectivity index (χ2v) is 11.8. The van der Waals surface area contributed by atoms with Gasteiger partial charge in [-0.15, -0.1) is 0 Å². The molecule has 6 rings (SSSR count). The Balaban J connectivity index is 1.73. The van der Waals surface area contributed by atoms with Crippen molar-refractivity contribution in [3.63, 3.8) is 0 Å². The molecule has 0 atom stereocenters. The summed E-state index contributed by atoms with van der Waals surface area (Å²) in [7, 11) is 5.05. The van der Waals surface area contributed by atoms with E-state index in [1.165, 1.54) is 0 Å². The van der Waals surface area contributed by atoms with Crippen molar-refractivity contribution in [2.75, 3.05) is 28.4 Å². The van der Waals surface area contributed by atoms with Crippen molar-refractivity contribution >= 4 is 45.4 Å². The molecule has 0 aromatic heterocycles. The zero-order chi connectivity index (χ0) is 29.2. The predicted molar refractivity (Wildman–Crippen MR) is 173 cm³/mol. The van der Waals surface area contributed by atoms with Crippen molar-refractivity contribution in [1.82, 2.24) is 0 Å². The van der Waals surface area contributed by atoms with Crippen LogP contribution in [0.4, 0.5) is 0 Å². The van der Waals surface area contributed by atoms with E-state index in [0.29, 0.717) is 23.0 Å². The van der Waals surface area contributed by atoms with Gasteiger partial charge in [-0.05, 0) is 51.9 Å². The molecule has 0 saturated heterocycles. The Hall–Kier alpha value is -4.73. The smallest absolute Gasteiger partial charge is 0.131 e. The Morgan fingerprint density at radius 2 is 0.929 bits per heavy atom. The Morgan fingerprint density at radius 1 is 0.500 bits per heavy atom. The Morgan fingerprint density at radius 3 is 1.38 bits per heavy atom. The molecular weight excluding hydrogens is 543 g/mol. The summed E-state index contributed by atoms with van der Waals surface area (Å²) in [6.45, 7) is 0. The van der Waals surface area contributed by atoms with Crippen LogP contribution in [-0.2, 0) is 0 Å². The fourth-order valence-electron chi connectivity index (χ4n) is 5.67. The third-order valence-electron chi connectivity index (χ3n) is 7.55. The number of fused-ring (bicyclic) bond motifs is 2. The fraction of sp³-hybridized carbons (Fsp3) is 0.111. The first-order chi connectivity index (χ1) is 20.6. The van der Waals surface area contributed by atoms with Crippen molar-refractivity contribution in [3.8, 4) is 39.9 Å². The zero-order valence-corrected chi connectivity index (χ0v) is 24.8. The molecule has 0 saturated carbocycles. The van der Waals surface area contributed by atoms with Gasteiger partial charge >= 0.3 is 0 Å². The van der Waals surface area contributed by atoms with Gasteiger partial charge in [0.05, 0.1) is 39.0 Å². The summed E-state index contributed by atoms with van der Waals surface area (Å²) in [6.07, 6.45) is 0. The average Bonchev–Trinajstić information content (AvgIpc) is 3.04. The lowest BCUT2D eigenvalue weighted by Gasteiger charge is -2.27. The molecule has 0 aliphatic rings. The van der Waals surface area contributed by atoms with Crippen LogP contribution in [0.3, 0.4) is 0 Å². The van der Waals surface area contributed by atoms with Crippen LogP contribution in [-0.4, -0.2) is 33.5 Å². The number of ether oxygens (including phenoxy) is 4. The molecule has 210 valence electrons. The highest BCUT2D eigenvalue weighted by Crippen LogP contribution is 2.49. The summed E-state index contributed by atoms with van der Waals surface area (Å²) in [5.74, 6) is 2.77. The number of para-hydroxylation sites is 1. The molecule has 0 unspecified atom stereocenters. The standard InChI is InChI=1S/C36H31O5P/c1-38-28-17-10-18-29(39-2)35(28)42(36-30(40-3)19-11-20-31(36)41-4)32-21-9-16-27(34(32)37)33-25-14-7-5-12-23(25)22-24-13-6-8-15-26(24)33/h5-22,37H,1-4H3. The highest BCUT2D eigenvalue weighted by Gasteiger charge is 2.32. The molecule has 6 heteroatoms. The monoisotopic (exact) mass is 574 g/mol. The number of hydrogen-bond acceptors (Lipinski definition) is 5. The maximum atomic E-state index is 12.4. The summed E-state index contributed by atoms with van der Waals surface area (Å²) in [5.41, 5.74) is 1.73. The van der Waals surface area contributed by atoms with Gasteiger partial charge in [-0.1, -0.05) is 78.9 Å². The maximum absolute atomic E-state index is 12.4.